The van der Waals surface area contributed by atoms with Crippen LogP contribution in [0.4, 0.5) is 0 Å². The van der Waals surface area contributed by atoms with Crippen molar-refractivity contribution in [3.05, 3.63) is 0 Å². The van der Waals surface area contributed by atoms with Gasteiger partial charge < -0.3 is 15.1 Å². The van der Waals surface area contributed by atoms with Crippen LogP contribution in [0.1, 0.15) is 26.7 Å². The summed E-state index contributed by atoms with van der Waals surface area (Å²) in [7, 11) is -3.60. The van der Waals surface area contributed by atoms with Gasteiger partial charge in [-0.15, -0.1) is 0 Å². The smallest absolute Gasteiger partial charge is 0.326 e. The minimum absolute atomic E-state index is 0.0454. The number of aliphatic hydroxyl groups is 1. The molecule has 0 bridgehead atoms. The van der Waals surface area contributed by atoms with Crippen LogP contribution in [-0.4, -0.2) is 66.4 Å². The van der Waals surface area contributed by atoms with Crippen LogP contribution in [0.3, 0.4) is 0 Å². The van der Waals surface area contributed by atoms with Gasteiger partial charge in [-0.3, -0.25) is 4.79 Å². The van der Waals surface area contributed by atoms with Gasteiger partial charge in [0.2, 0.25) is 15.9 Å². The predicted molar refractivity (Wildman–Crippen MR) is 75.0 cm³/mol. The average molecular weight is 322 g/mol. The molecular formula is C12H22N2O6S. The van der Waals surface area contributed by atoms with Crippen LogP contribution >= 0.6 is 0 Å². The number of β-amino-alcohol motifs (C(OH)–C–C–N with tert-alkyl or cyclic N) is 1. The topological polar surface area (TPSA) is 124 Å². The molecular weight excluding hydrogens is 300 g/mol. The van der Waals surface area contributed by atoms with Crippen molar-refractivity contribution in [3.8, 4) is 0 Å². The van der Waals surface area contributed by atoms with E-state index in [0.717, 1.165) is 11.2 Å². The molecule has 1 rings (SSSR count). The van der Waals surface area contributed by atoms with E-state index in [-0.39, 0.29) is 25.3 Å². The van der Waals surface area contributed by atoms with Gasteiger partial charge >= 0.3 is 5.97 Å². The zero-order valence-corrected chi connectivity index (χ0v) is 13.1. The summed E-state index contributed by atoms with van der Waals surface area (Å²) in [5.41, 5.74) is 0. The number of carbonyl (C=O) groups is 2. The zero-order valence-electron chi connectivity index (χ0n) is 12.3. The zero-order chi connectivity index (χ0) is 16.4. The Kier molecular flexibility index (Phi) is 5.71. The van der Waals surface area contributed by atoms with E-state index in [1.165, 1.54) is 0 Å². The Labute approximate surface area is 124 Å². The first-order valence-electron chi connectivity index (χ1n) is 6.70. The number of hydrogen-bond acceptors (Lipinski definition) is 5. The highest BCUT2D eigenvalue weighted by Crippen LogP contribution is 2.21. The first-order chi connectivity index (χ1) is 9.51. The summed E-state index contributed by atoms with van der Waals surface area (Å²) in [6.45, 7) is 3.56. The van der Waals surface area contributed by atoms with Gasteiger partial charge in [-0.2, -0.15) is 0 Å². The first kappa shape index (κ1) is 17.9. The SMILES string of the molecule is CC(C)CC(NS(C)(=O)=O)C(=O)N1C[C@H](O)C[C@H]1C(=O)O. The van der Waals surface area contributed by atoms with Crippen LogP contribution in [0.15, 0.2) is 0 Å². The molecule has 1 saturated heterocycles. The molecule has 0 spiro atoms. The third-order valence-electron chi connectivity index (χ3n) is 3.21. The molecule has 1 amide bonds. The molecule has 0 aliphatic carbocycles. The molecule has 1 unspecified atom stereocenters. The number of aliphatic carboxylic acids is 1. The molecule has 8 nitrogen and oxygen atoms in total. The molecule has 0 aromatic rings. The maximum absolute atomic E-state index is 12.4. The fraction of sp³-hybridized carbons (Fsp3) is 0.833. The van der Waals surface area contributed by atoms with Gasteiger partial charge in [0.25, 0.3) is 0 Å². The van der Waals surface area contributed by atoms with E-state index in [2.05, 4.69) is 4.72 Å². The van der Waals surface area contributed by atoms with Gasteiger partial charge in [0.1, 0.15) is 12.1 Å². The fourth-order valence-electron chi connectivity index (χ4n) is 2.42. The number of likely N-dealkylation sites (tertiary alicyclic amines) is 1. The van der Waals surface area contributed by atoms with Crippen molar-refractivity contribution < 1.29 is 28.2 Å². The Hall–Kier alpha value is -1.19. The van der Waals surface area contributed by atoms with Crippen molar-refractivity contribution >= 4 is 21.9 Å². The van der Waals surface area contributed by atoms with Crippen LogP contribution in [0.25, 0.3) is 0 Å². The van der Waals surface area contributed by atoms with Gasteiger partial charge in [0.15, 0.2) is 0 Å². The van der Waals surface area contributed by atoms with Crippen LogP contribution in [0.5, 0.6) is 0 Å². The van der Waals surface area contributed by atoms with Crippen LogP contribution in [0, 0.1) is 5.92 Å². The van der Waals surface area contributed by atoms with Crippen molar-refractivity contribution in [3.63, 3.8) is 0 Å². The Balaban J connectivity index is 2.95. The Morgan fingerprint density at radius 3 is 2.38 bits per heavy atom. The highest BCUT2D eigenvalue weighted by atomic mass is 32.2. The summed E-state index contributed by atoms with van der Waals surface area (Å²) >= 11 is 0. The highest BCUT2D eigenvalue weighted by Gasteiger charge is 2.41. The Morgan fingerprint density at radius 1 is 1.38 bits per heavy atom. The minimum Gasteiger partial charge on any atom is -0.480 e. The lowest BCUT2D eigenvalue weighted by Gasteiger charge is -2.27. The first-order valence-corrected chi connectivity index (χ1v) is 8.59. The van der Waals surface area contributed by atoms with Crippen molar-refractivity contribution in [1.29, 1.82) is 0 Å². The van der Waals surface area contributed by atoms with Crippen LogP contribution in [0.2, 0.25) is 0 Å². The van der Waals surface area contributed by atoms with Crippen LogP contribution in [-0.2, 0) is 19.6 Å². The van der Waals surface area contributed by atoms with Gasteiger partial charge in [-0.25, -0.2) is 17.9 Å². The van der Waals surface area contributed by atoms with E-state index in [1.807, 2.05) is 13.8 Å². The largest absolute Gasteiger partial charge is 0.480 e. The molecule has 0 aromatic heterocycles. The monoisotopic (exact) mass is 322 g/mol. The second kappa shape index (κ2) is 6.71. The summed E-state index contributed by atoms with van der Waals surface area (Å²) in [4.78, 5) is 24.6. The number of aliphatic hydroxyl groups excluding tert-OH is 1. The lowest BCUT2D eigenvalue weighted by atomic mass is 10.0. The number of amides is 1. The van der Waals surface area contributed by atoms with E-state index >= 15 is 0 Å². The fourth-order valence-corrected chi connectivity index (χ4v) is 3.13. The quantitative estimate of drug-likeness (QED) is 0.576. The van der Waals surface area contributed by atoms with Gasteiger partial charge in [0, 0.05) is 13.0 Å². The second-order valence-electron chi connectivity index (χ2n) is 5.81. The summed E-state index contributed by atoms with van der Waals surface area (Å²) in [6, 6.07) is -2.14. The predicted octanol–water partition coefficient (Wildman–Crippen LogP) is -1.00. The number of rotatable bonds is 6. The third kappa shape index (κ3) is 5.25. The van der Waals surface area contributed by atoms with Gasteiger partial charge in [-0.05, 0) is 12.3 Å². The lowest BCUT2D eigenvalue weighted by molar-refractivity contribution is -0.149. The molecule has 21 heavy (non-hydrogen) atoms. The average Bonchev–Trinajstić information content (AvgIpc) is 2.67. The summed E-state index contributed by atoms with van der Waals surface area (Å²) in [6.07, 6.45) is 0.244. The number of carboxylic acid groups (broad SMARTS) is 1. The maximum atomic E-state index is 12.4. The normalized spacial score (nSPS) is 24.3. The molecule has 3 atom stereocenters. The lowest BCUT2D eigenvalue weighted by Crippen LogP contribution is -2.52. The van der Waals surface area contributed by atoms with Crippen molar-refractivity contribution in [2.75, 3.05) is 12.8 Å². The summed E-state index contributed by atoms with van der Waals surface area (Å²) < 4.78 is 25.0. The maximum Gasteiger partial charge on any atom is 0.326 e. The second-order valence-corrected chi connectivity index (χ2v) is 7.59. The number of carboxylic acids is 1. The molecule has 3 N–H and O–H groups in total. The van der Waals surface area contributed by atoms with E-state index in [1.54, 1.807) is 0 Å². The van der Waals surface area contributed by atoms with Crippen molar-refractivity contribution in [1.82, 2.24) is 9.62 Å². The molecule has 1 fully saturated rings. The molecule has 0 aromatic carbocycles. The standard InChI is InChI=1S/C12H22N2O6S/c1-7(2)4-9(13-21(3,19)20)11(16)14-6-8(15)5-10(14)12(17)18/h7-10,13,15H,4-6H2,1-3H3,(H,17,18)/t8-,9?,10+/m1/s1. The van der Waals surface area contributed by atoms with Crippen LogP contribution < -0.4 is 4.72 Å². The summed E-state index contributed by atoms with van der Waals surface area (Å²) in [5.74, 6) is -1.77. The van der Waals surface area contributed by atoms with Gasteiger partial charge in [-0.1, -0.05) is 13.8 Å². The molecule has 122 valence electrons. The van der Waals surface area contributed by atoms with Crippen molar-refractivity contribution in [2.24, 2.45) is 5.92 Å². The number of sulfonamides is 1. The number of nitrogens with one attached hydrogen (secondary N) is 1. The Morgan fingerprint density at radius 2 is 1.95 bits per heavy atom. The minimum atomic E-state index is -3.60. The molecule has 9 heteroatoms. The molecule has 1 aliphatic rings. The van der Waals surface area contributed by atoms with E-state index in [4.69, 9.17) is 5.11 Å². The number of hydrogen-bond donors (Lipinski definition) is 3. The van der Waals surface area contributed by atoms with E-state index in [9.17, 15) is 23.1 Å². The van der Waals surface area contributed by atoms with E-state index in [0.29, 0.717) is 0 Å². The molecule has 0 radical (unpaired) electrons. The van der Waals surface area contributed by atoms with Crippen molar-refractivity contribution in [2.45, 2.75) is 44.9 Å². The molecule has 0 saturated carbocycles. The van der Waals surface area contributed by atoms with Gasteiger partial charge in [0.05, 0.1) is 12.4 Å². The highest BCUT2D eigenvalue weighted by molar-refractivity contribution is 7.88. The van der Waals surface area contributed by atoms with E-state index < -0.39 is 40.1 Å². The Bertz CT molecular complexity index is 504. The number of carbonyl (C=O) groups excluding carboxylic acids is 1. The molecule has 1 heterocycles. The molecule has 1 aliphatic heterocycles. The third-order valence-corrected chi connectivity index (χ3v) is 3.92. The number of nitrogens with zero attached hydrogens (tertiary/aromatic N) is 1. The summed E-state index contributed by atoms with van der Waals surface area (Å²) in [5, 5.41) is 18.7.